The maximum absolute atomic E-state index is 5.37. The molecule has 0 unspecified atom stereocenters. The summed E-state index contributed by atoms with van der Waals surface area (Å²) >= 11 is 0. The Morgan fingerprint density at radius 1 is 0.850 bits per heavy atom. The molecule has 0 bridgehead atoms. The molecule has 3 nitrogen and oxygen atoms in total. The molecule has 0 spiro atoms. The van der Waals surface area contributed by atoms with Crippen LogP contribution in [0.5, 0.6) is 11.5 Å². The zero-order chi connectivity index (χ0) is 13.9. The number of benzene rings is 2. The number of anilines is 1. The molecule has 1 aliphatic heterocycles. The molecule has 3 heteroatoms. The molecule has 0 N–H and O–H groups in total. The van der Waals surface area contributed by atoms with Crippen molar-refractivity contribution in [1.29, 1.82) is 0 Å². The molecule has 0 radical (unpaired) electrons. The molecule has 2 aromatic rings. The summed E-state index contributed by atoms with van der Waals surface area (Å²) < 4.78 is 10.7. The third-order valence-electron chi connectivity index (χ3n) is 3.27. The Morgan fingerprint density at radius 3 is 2.25 bits per heavy atom. The largest absolute Gasteiger partial charge is 0.454 e. The number of ether oxygens (including phenoxy) is 2. The van der Waals surface area contributed by atoms with E-state index in [0.717, 1.165) is 17.1 Å². The number of fused-ring (bicyclic) bond motifs is 1. The standard InChI is InChI=1S/C17H17NO2/c1-18(2)15-8-5-13(6-9-15)3-4-14-7-10-16-17(11-14)20-12-19-16/h3-11H,12H2,1-2H3. The number of hydrogen-bond acceptors (Lipinski definition) is 3. The van der Waals surface area contributed by atoms with Gasteiger partial charge in [0.1, 0.15) is 0 Å². The predicted molar refractivity (Wildman–Crippen MR) is 82.3 cm³/mol. The van der Waals surface area contributed by atoms with Crippen LogP contribution in [0.1, 0.15) is 11.1 Å². The third-order valence-corrected chi connectivity index (χ3v) is 3.27. The Balaban J connectivity index is 1.76. The molecule has 0 fully saturated rings. The molecule has 0 saturated carbocycles. The van der Waals surface area contributed by atoms with E-state index in [-0.39, 0.29) is 0 Å². The molecule has 0 atom stereocenters. The molecule has 0 saturated heterocycles. The van der Waals surface area contributed by atoms with E-state index in [0.29, 0.717) is 6.79 Å². The molecule has 2 aromatic carbocycles. The topological polar surface area (TPSA) is 21.7 Å². The Morgan fingerprint density at radius 2 is 1.50 bits per heavy atom. The van der Waals surface area contributed by atoms with Crippen LogP contribution in [0.15, 0.2) is 42.5 Å². The van der Waals surface area contributed by atoms with Crippen LogP contribution in [0.25, 0.3) is 12.2 Å². The minimum atomic E-state index is 0.314. The Labute approximate surface area is 119 Å². The van der Waals surface area contributed by atoms with Crippen LogP contribution in [-0.2, 0) is 0 Å². The van der Waals surface area contributed by atoms with E-state index >= 15 is 0 Å². The lowest BCUT2D eigenvalue weighted by molar-refractivity contribution is 0.174. The van der Waals surface area contributed by atoms with E-state index in [4.69, 9.17) is 9.47 Å². The van der Waals surface area contributed by atoms with Crippen LogP contribution in [-0.4, -0.2) is 20.9 Å². The fourth-order valence-corrected chi connectivity index (χ4v) is 2.09. The Kier molecular flexibility index (Phi) is 3.33. The second-order valence-electron chi connectivity index (χ2n) is 4.93. The van der Waals surface area contributed by atoms with E-state index < -0.39 is 0 Å². The quantitative estimate of drug-likeness (QED) is 0.792. The van der Waals surface area contributed by atoms with Crippen LogP contribution >= 0.6 is 0 Å². The van der Waals surface area contributed by atoms with Gasteiger partial charge in [-0.25, -0.2) is 0 Å². The van der Waals surface area contributed by atoms with Gasteiger partial charge in [-0.1, -0.05) is 30.4 Å². The number of rotatable bonds is 3. The lowest BCUT2D eigenvalue weighted by Gasteiger charge is -2.11. The highest BCUT2D eigenvalue weighted by atomic mass is 16.7. The van der Waals surface area contributed by atoms with Crippen LogP contribution in [0, 0.1) is 0 Å². The van der Waals surface area contributed by atoms with E-state index in [1.165, 1.54) is 11.3 Å². The normalized spacial score (nSPS) is 12.9. The zero-order valence-corrected chi connectivity index (χ0v) is 11.7. The summed E-state index contributed by atoms with van der Waals surface area (Å²) in [5.74, 6) is 1.63. The summed E-state index contributed by atoms with van der Waals surface area (Å²) in [5, 5.41) is 0. The van der Waals surface area contributed by atoms with Crippen LogP contribution in [0.3, 0.4) is 0 Å². The molecule has 3 rings (SSSR count). The van der Waals surface area contributed by atoms with Gasteiger partial charge in [-0.3, -0.25) is 0 Å². The molecule has 102 valence electrons. The highest BCUT2D eigenvalue weighted by molar-refractivity contribution is 5.71. The first-order valence-electron chi connectivity index (χ1n) is 6.57. The monoisotopic (exact) mass is 267 g/mol. The van der Waals surface area contributed by atoms with Crippen molar-refractivity contribution in [3.05, 3.63) is 53.6 Å². The minimum Gasteiger partial charge on any atom is -0.454 e. The molecular weight excluding hydrogens is 250 g/mol. The summed E-state index contributed by atoms with van der Waals surface area (Å²) in [6.45, 7) is 0.314. The van der Waals surface area contributed by atoms with E-state index in [2.05, 4.69) is 41.3 Å². The van der Waals surface area contributed by atoms with Crippen molar-refractivity contribution < 1.29 is 9.47 Å². The zero-order valence-electron chi connectivity index (χ0n) is 11.7. The third kappa shape index (κ3) is 2.62. The fraction of sp³-hybridized carbons (Fsp3) is 0.176. The van der Waals surface area contributed by atoms with Gasteiger partial charge in [-0.05, 0) is 35.4 Å². The van der Waals surface area contributed by atoms with Gasteiger partial charge in [0.05, 0.1) is 0 Å². The number of nitrogens with zero attached hydrogens (tertiary/aromatic N) is 1. The van der Waals surface area contributed by atoms with Gasteiger partial charge in [0.25, 0.3) is 0 Å². The fourth-order valence-electron chi connectivity index (χ4n) is 2.09. The van der Waals surface area contributed by atoms with Gasteiger partial charge in [0.2, 0.25) is 6.79 Å². The summed E-state index contributed by atoms with van der Waals surface area (Å²) in [7, 11) is 4.08. The van der Waals surface area contributed by atoms with Crippen LogP contribution in [0.4, 0.5) is 5.69 Å². The van der Waals surface area contributed by atoms with Crippen molar-refractivity contribution in [2.75, 3.05) is 25.8 Å². The summed E-state index contributed by atoms with van der Waals surface area (Å²) in [4.78, 5) is 2.09. The lowest BCUT2D eigenvalue weighted by atomic mass is 10.1. The van der Waals surface area contributed by atoms with Crippen molar-refractivity contribution >= 4 is 17.8 Å². The Bertz CT molecular complexity index is 630. The van der Waals surface area contributed by atoms with E-state index in [1.807, 2.05) is 32.3 Å². The van der Waals surface area contributed by atoms with Crippen molar-refractivity contribution in [3.63, 3.8) is 0 Å². The van der Waals surface area contributed by atoms with Crippen molar-refractivity contribution in [2.45, 2.75) is 0 Å². The molecule has 0 aromatic heterocycles. The molecule has 0 amide bonds. The second-order valence-corrected chi connectivity index (χ2v) is 4.93. The van der Waals surface area contributed by atoms with Crippen molar-refractivity contribution in [2.24, 2.45) is 0 Å². The maximum atomic E-state index is 5.37. The molecule has 20 heavy (non-hydrogen) atoms. The van der Waals surface area contributed by atoms with Crippen LogP contribution < -0.4 is 14.4 Å². The summed E-state index contributed by atoms with van der Waals surface area (Å²) in [6.07, 6.45) is 4.17. The summed E-state index contributed by atoms with van der Waals surface area (Å²) in [6, 6.07) is 14.4. The first kappa shape index (κ1) is 12.6. The Hall–Kier alpha value is -2.42. The van der Waals surface area contributed by atoms with E-state index in [9.17, 15) is 0 Å². The van der Waals surface area contributed by atoms with Gasteiger partial charge in [-0.2, -0.15) is 0 Å². The smallest absolute Gasteiger partial charge is 0.231 e. The van der Waals surface area contributed by atoms with Crippen molar-refractivity contribution in [1.82, 2.24) is 0 Å². The molecule has 1 aliphatic rings. The van der Waals surface area contributed by atoms with Gasteiger partial charge in [0, 0.05) is 19.8 Å². The summed E-state index contributed by atoms with van der Waals surface area (Å²) in [5.41, 5.74) is 3.48. The minimum absolute atomic E-state index is 0.314. The van der Waals surface area contributed by atoms with Gasteiger partial charge in [0.15, 0.2) is 11.5 Å². The lowest BCUT2D eigenvalue weighted by Crippen LogP contribution is -2.07. The average Bonchev–Trinajstić information content (AvgIpc) is 2.93. The predicted octanol–water partition coefficient (Wildman–Crippen LogP) is 3.65. The molecular formula is C17H17NO2. The van der Waals surface area contributed by atoms with Gasteiger partial charge in [-0.15, -0.1) is 0 Å². The van der Waals surface area contributed by atoms with Gasteiger partial charge < -0.3 is 14.4 Å². The number of hydrogen-bond donors (Lipinski definition) is 0. The van der Waals surface area contributed by atoms with Crippen LogP contribution in [0.2, 0.25) is 0 Å². The first-order chi connectivity index (χ1) is 9.72. The highest BCUT2D eigenvalue weighted by Crippen LogP contribution is 2.32. The van der Waals surface area contributed by atoms with E-state index in [1.54, 1.807) is 0 Å². The molecule has 1 heterocycles. The average molecular weight is 267 g/mol. The maximum Gasteiger partial charge on any atom is 0.231 e. The van der Waals surface area contributed by atoms with Gasteiger partial charge >= 0.3 is 0 Å². The second kappa shape index (κ2) is 5.29. The first-order valence-corrected chi connectivity index (χ1v) is 6.57. The molecule has 0 aliphatic carbocycles. The SMILES string of the molecule is CN(C)c1ccc(C=Cc2ccc3c(c2)OCO3)cc1. The highest BCUT2D eigenvalue weighted by Gasteiger charge is 2.11. The van der Waals surface area contributed by atoms with Crippen molar-refractivity contribution in [3.8, 4) is 11.5 Å².